The van der Waals surface area contributed by atoms with Gasteiger partial charge in [0.25, 0.3) is 0 Å². The summed E-state index contributed by atoms with van der Waals surface area (Å²) in [5.74, 6) is 0.760. The summed E-state index contributed by atoms with van der Waals surface area (Å²) >= 11 is 0. The quantitative estimate of drug-likeness (QED) is 0.831. The monoisotopic (exact) mass is 263 g/mol. The van der Waals surface area contributed by atoms with E-state index in [4.69, 9.17) is 10.5 Å². The van der Waals surface area contributed by atoms with Crippen molar-refractivity contribution in [3.63, 3.8) is 0 Å². The molecule has 1 fully saturated rings. The molecule has 1 saturated heterocycles. The highest BCUT2D eigenvalue weighted by molar-refractivity contribution is 5.62. The third kappa shape index (κ3) is 3.13. The van der Waals surface area contributed by atoms with Gasteiger partial charge in [-0.2, -0.15) is 0 Å². The maximum Gasteiger partial charge on any atom is 0.143 e. The lowest BCUT2D eigenvalue weighted by Gasteiger charge is -2.43. The average molecular weight is 263 g/mol. The van der Waals surface area contributed by atoms with E-state index in [9.17, 15) is 0 Å². The molecule has 0 aromatic heterocycles. The Labute approximate surface area is 116 Å². The van der Waals surface area contributed by atoms with Crippen molar-refractivity contribution in [3.8, 4) is 5.75 Å². The minimum absolute atomic E-state index is 0.255. The van der Waals surface area contributed by atoms with E-state index >= 15 is 0 Å². The van der Waals surface area contributed by atoms with Gasteiger partial charge in [-0.25, -0.2) is 0 Å². The Hall–Kier alpha value is -1.42. The normalized spacial score (nSPS) is 17.6. The molecule has 2 N–H and O–H groups in total. The molecule has 0 radical (unpaired) electrons. The fourth-order valence-electron chi connectivity index (χ4n) is 2.53. The second-order valence-electron chi connectivity index (χ2n) is 6.07. The predicted octanol–water partition coefficient (Wildman–Crippen LogP) is 2.20. The maximum absolute atomic E-state index is 5.86. The van der Waals surface area contributed by atoms with Crippen LogP contribution in [0.2, 0.25) is 0 Å². The van der Waals surface area contributed by atoms with Gasteiger partial charge < -0.3 is 15.4 Å². The average Bonchev–Trinajstić information content (AvgIpc) is 2.38. The van der Waals surface area contributed by atoms with Crippen LogP contribution in [0.5, 0.6) is 5.75 Å². The summed E-state index contributed by atoms with van der Waals surface area (Å²) in [5, 5.41) is 0. The number of rotatable bonds is 2. The van der Waals surface area contributed by atoms with Gasteiger partial charge in [-0.15, -0.1) is 0 Å². The first-order valence-corrected chi connectivity index (χ1v) is 6.85. The number of nitrogens with zero attached hydrogens (tertiary/aromatic N) is 2. The fraction of sp³-hybridized carbons (Fsp3) is 0.600. The van der Waals surface area contributed by atoms with Crippen molar-refractivity contribution in [2.45, 2.75) is 26.3 Å². The van der Waals surface area contributed by atoms with Crippen LogP contribution in [-0.2, 0) is 0 Å². The van der Waals surface area contributed by atoms with Crippen molar-refractivity contribution in [2.24, 2.45) is 0 Å². The molecule has 0 spiro atoms. The number of hydrogen-bond acceptors (Lipinski definition) is 4. The molecular formula is C15H25N3O. The molecule has 0 saturated carbocycles. The second-order valence-corrected chi connectivity index (χ2v) is 6.07. The molecule has 2 rings (SSSR count). The van der Waals surface area contributed by atoms with Crippen molar-refractivity contribution >= 4 is 11.4 Å². The Morgan fingerprint density at radius 2 is 1.74 bits per heavy atom. The summed E-state index contributed by atoms with van der Waals surface area (Å²) in [7, 11) is 1.66. The highest BCUT2D eigenvalue weighted by atomic mass is 16.5. The molecule has 0 aliphatic carbocycles. The van der Waals surface area contributed by atoms with Crippen molar-refractivity contribution in [2.75, 3.05) is 43.9 Å². The zero-order chi connectivity index (χ0) is 14.0. The summed E-state index contributed by atoms with van der Waals surface area (Å²) in [6, 6.07) is 6.02. The Morgan fingerprint density at radius 1 is 1.11 bits per heavy atom. The van der Waals surface area contributed by atoms with Crippen LogP contribution in [0.1, 0.15) is 20.8 Å². The molecular weight excluding hydrogens is 238 g/mol. The third-order valence-electron chi connectivity index (χ3n) is 3.81. The second kappa shape index (κ2) is 5.29. The number of anilines is 2. The topological polar surface area (TPSA) is 41.7 Å². The van der Waals surface area contributed by atoms with Gasteiger partial charge in [0.1, 0.15) is 5.75 Å². The van der Waals surface area contributed by atoms with Crippen LogP contribution in [0, 0.1) is 0 Å². The first-order valence-electron chi connectivity index (χ1n) is 6.85. The zero-order valence-corrected chi connectivity index (χ0v) is 12.4. The van der Waals surface area contributed by atoms with Gasteiger partial charge in [-0.3, -0.25) is 4.90 Å². The van der Waals surface area contributed by atoms with Gasteiger partial charge >= 0.3 is 0 Å². The molecule has 4 nitrogen and oxygen atoms in total. The first kappa shape index (κ1) is 14.0. The van der Waals surface area contributed by atoms with E-state index in [2.05, 4.69) is 36.6 Å². The van der Waals surface area contributed by atoms with E-state index in [0.717, 1.165) is 31.9 Å². The van der Waals surface area contributed by atoms with E-state index in [1.165, 1.54) is 5.69 Å². The standard InChI is InChI=1S/C15H25N3O/c1-15(2,3)18-9-7-17(8-10-18)12-5-6-13(16)14(11-12)19-4/h5-6,11H,7-10,16H2,1-4H3. The Morgan fingerprint density at radius 3 is 2.26 bits per heavy atom. The maximum atomic E-state index is 5.86. The lowest BCUT2D eigenvalue weighted by Crippen LogP contribution is -2.53. The first-order chi connectivity index (χ1) is 8.91. The molecule has 1 heterocycles. The van der Waals surface area contributed by atoms with Gasteiger partial charge in [0.05, 0.1) is 12.8 Å². The fourth-order valence-corrected chi connectivity index (χ4v) is 2.53. The number of benzene rings is 1. The lowest BCUT2D eigenvalue weighted by molar-refractivity contribution is 0.128. The van der Waals surface area contributed by atoms with Crippen molar-refractivity contribution in [3.05, 3.63) is 18.2 Å². The number of nitrogens with two attached hydrogens (primary N) is 1. The van der Waals surface area contributed by atoms with Crippen LogP contribution < -0.4 is 15.4 Å². The van der Waals surface area contributed by atoms with E-state index in [0.29, 0.717) is 5.69 Å². The van der Waals surface area contributed by atoms with E-state index in [-0.39, 0.29) is 5.54 Å². The molecule has 1 aromatic carbocycles. The summed E-state index contributed by atoms with van der Waals surface area (Å²) in [6.45, 7) is 11.1. The number of hydrogen-bond donors (Lipinski definition) is 1. The summed E-state index contributed by atoms with van der Waals surface area (Å²) < 4.78 is 5.29. The van der Waals surface area contributed by atoms with Crippen LogP contribution in [-0.4, -0.2) is 43.7 Å². The molecule has 4 heteroatoms. The number of nitrogen functional groups attached to an aromatic ring is 1. The van der Waals surface area contributed by atoms with Crippen LogP contribution in [0.15, 0.2) is 18.2 Å². The SMILES string of the molecule is COc1cc(N2CCN(C(C)(C)C)CC2)ccc1N. The van der Waals surface area contributed by atoms with Crippen LogP contribution in [0.3, 0.4) is 0 Å². The van der Waals surface area contributed by atoms with E-state index in [1.54, 1.807) is 7.11 Å². The third-order valence-corrected chi connectivity index (χ3v) is 3.81. The lowest BCUT2D eigenvalue weighted by atomic mass is 10.0. The molecule has 19 heavy (non-hydrogen) atoms. The van der Waals surface area contributed by atoms with Crippen LogP contribution in [0.25, 0.3) is 0 Å². The molecule has 1 aliphatic rings. The van der Waals surface area contributed by atoms with Crippen molar-refractivity contribution in [1.29, 1.82) is 0 Å². The number of piperazine rings is 1. The van der Waals surface area contributed by atoms with E-state index in [1.807, 2.05) is 12.1 Å². The number of ether oxygens (including phenoxy) is 1. The molecule has 0 bridgehead atoms. The molecule has 0 amide bonds. The largest absolute Gasteiger partial charge is 0.495 e. The van der Waals surface area contributed by atoms with Gasteiger partial charge in [0, 0.05) is 43.5 Å². The molecule has 1 aromatic rings. The zero-order valence-electron chi connectivity index (χ0n) is 12.4. The summed E-state index contributed by atoms with van der Waals surface area (Å²) in [5.41, 5.74) is 8.00. The van der Waals surface area contributed by atoms with Crippen molar-refractivity contribution in [1.82, 2.24) is 4.90 Å². The Balaban J connectivity index is 2.05. The van der Waals surface area contributed by atoms with E-state index < -0.39 is 0 Å². The highest BCUT2D eigenvalue weighted by Crippen LogP contribution is 2.28. The van der Waals surface area contributed by atoms with Gasteiger partial charge in [0.2, 0.25) is 0 Å². The van der Waals surface area contributed by atoms with Crippen LogP contribution in [0.4, 0.5) is 11.4 Å². The Kier molecular flexibility index (Phi) is 3.90. The highest BCUT2D eigenvalue weighted by Gasteiger charge is 2.25. The van der Waals surface area contributed by atoms with Gasteiger partial charge in [0.15, 0.2) is 0 Å². The van der Waals surface area contributed by atoms with Gasteiger partial charge in [-0.05, 0) is 32.9 Å². The summed E-state index contributed by atoms with van der Waals surface area (Å²) in [4.78, 5) is 4.92. The molecule has 1 aliphatic heterocycles. The van der Waals surface area contributed by atoms with Crippen molar-refractivity contribution < 1.29 is 4.74 Å². The molecule has 0 atom stereocenters. The molecule has 106 valence electrons. The number of methoxy groups -OCH3 is 1. The van der Waals surface area contributed by atoms with Crippen LogP contribution >= 0.6 is 0 Å². The predicted molar refractivity (Wildman–Crippen MR) is 80.9 cm³/mol. The summed E-state index contributed by atoms with van der Waals surface area (Å²) in [6.07, 6.45) is 0. The van der Waals surface area contributed by atoms with Gasteiger partial charge in [-0.1, -0.05) is 0 Å². The minimum Gasteiger partial charge on any atom is -0.495 e. The smallest absolute Gasteiger partial charge is 0.143 e. The minimum atomic E-state index is 0.255. The Bertz CT molecular complexity index is 432. The molecule has 0 unspecified atom stereocenters.